The van der Waals surface area contributed by atoms with E-state index in [9.17, 15) is 14.4 Å². The normalized spacial score (nSPS) is 17.0. The lowest BCUT2D eigenvalue weighted by Crippen LogP contribution is -2.36. The van der Waals surface area contributed by atoms with Crippen LogP contribution in [-0.4, -0.2) is 35.5 Å². The van der Waals surface area contributed by atoms with Crippen molar-refractivity contribution in [3.8, 4) is 0 Å². The molecule has 0 aromatic heterocycles. The molecular weight excluding hydrogens is 304 g/mol. The molecule has 118 valence electrons. The number of benzene rings is 1. The molecule has 1 aliphatic rings. The number of hydrogen-bond acceptors (Lipinski definition) is 5. The number of aryl methyl sites for hydroxylation is 1. The molecule has 1 aliphatic heterocycles. The summed E-state index contributed by atoms with van der Waals surface area (Å²) in [5.74, 6) is -0.697. The Labute approximate surface area is 133 Å². The van der Waals surface area contributed by atoms with Crippen molar-refractivity contribution in [1.29, 1.82) is 0 Å². The Balaban J connectivity index is 1.79. The van der Waals surface area contributed by atoms with Crippen LogP contribution in [0.1, 0.15) is 17.5 Å². The van der Waals surface area contributed by atoms with E-state index >= 15 is 0 Å². The predicted octanol–water partition coefficient (Wildman–Crippen LogP) is 2.00. The summed E-state index contributed by atoms with van der Waals surface area (Å²) in [6.07, 6.45) is 0.472. The molecule has 0 saturated carbocycles. The van der Waals surface area contributed by atoms with Crippen LogP contribution < -0.4 is 10.6 Å². The second-order valence-electron chi connectivity index (χ2n) is 5.02. The van der Waals surface area contributed by atoms with Gasteiger partial charge in [-0.05, 0) is 31.0 Å². The maximum atomic E-state index is 11.9. The number of hydrogen-bond donors (Lipinski definition) is 2. The van der Waals surface area contributed by atoms with Crippen LogP contribution in [-0.2, 0) is 14.3 Å². The first-order chi connectivity index (χ1) is 10.5. The zero-order valence-corrected chi connectivity index (χ0v) is 13.3. The summed E-state index contributed by atoms with van der Waals surface area (Å²) in [5.41, 5.74) is 2.83. The van der Waals surface area contributed by atoms with Gasteiger partial charge in [0.05, 0.1) is 12.4 Å². The van der Waals surface area contributed by atoms with Gasteiger partial charge in [0.1, 0.15) is 6.04 Å². The molecule has 0 radical (unpaired) electrons. The van der Waals surface area contributed by atoms with Gasteiger partial charge in [-0.15, -0.1) is 0 Å². The highest BCUT2D eigenvalue weighted by atomic mass is 32.2. The number of amides is 2. The molecule has 0 unspecified atom stereocenters. The topological polar surface area (TPSA) is 84.5 Å². The van der Waals surface area contributed by atoms with Gasteiger partial charge in [-0.2, -0.15) is 0 Å². The van der Waals surface area contributed by atoms with E-state index < -0.39 is 17.3 Å². The minimum atomic E-state index is -0.595. The Hall–Kier alpha value is -2.02. The monoisotopic (exact) mass is 322 g/mol. The van der Waals surface area contributed by atoms with Gasteiger partial charge in [0.25, 0.3) is 5.24 Å². The van der Waals surface area contributed by atoms with Crippen LogP contribution in [0.2, 0.25) is 0 Å². The van der Waals surface area contributed by atoms with Crippen LogP contribution in [0.15, 0.2) is 18.2 Å². The van der Waals surface area contributed by atoms with Gasteiger partial charge in [-0.1, -0.05) is 23.9 Å². The largest absolute Gasteiger partial charge is 0.464 e. The Morgan fingerprint density at radius 2 is 2.14 bits per heavy atom. The lowest BCUT2D eigenvalue weighted by atomic mass is 10.1. The zero-order valence-electron chi connectivity index (χ0n) is 12.5. The van der Waals surface area contributed by atoms with Crippen molar-refractivity contribution >= 4 is 34.6 Å². The van der Waals surface area contributed by atoms with Crippen molar-refractivity contribution in [2.45, 2.75) is 26.3 Å². The third-order valence-corrected chi connectivity index (χ3v) is 4.23. The van der Waals surface area contributed by atoms with Crippen molar-refractivity contribution in [1.82, 2.24) is 5.32 Å². The predicted molar refractivity (Wildman–Crippen MR) is 84.9 cm³/mol. The minimum absolute atomic E-state index is 0.0129. The highest BCUT2D eigenvalue weighted by Crippen LogP contribution is 2.18. The van der Waals surface area contributed by atoms with Crippen molar-refractivity contribution in [3.05, 3.63) is 29.3 Å². The number of esters is 1. The first-order valence-electron chi connectivity index (χ1n) is 6.93. The summed E-state index contributed by atoms with van der Waals surface area (Å²) >= 11 is 0.833. The Kier molecular flexibility index (Phi) is 5.43. The molecule has 2 amide bonds. The SMILES string of the molecule is Cc1cccc(NC(=O)CSC(=O)N[C@H]2CCOC2=O)c1C. The average molecular weight is 322 g/mol. The molecule has 1 saturated heterocycles. The Morgan fingerprint density at radius 3 is 2.82 bits per heavy atom. The first-order valence-corrected chi connectivity index (χ1v) is 7.92. The van der Waals surface area contributed by atoms with E-state index in [4.69, 9.17) is 4.74 Å². The number of thioether (sulfide) groups is 1. The van der Waals surface area contributed by atoms with Crippen LogP contribution in [0.5, 0.6) is 0 Å². The van der Waals surface area contributed by atoms with E-state index in [1.807, 2.05) is 32.0 Å². The molecular formula is C15H18N2O4S. The number of carbonyl (C=O) groups excluding carboxylic acids is 3. The number of rotatable bonds is 4. The Bertz CT molecular complexity index is 603. The molecule has 22 heavy (non-hydrogen) atoms. The molecule has 7 heteroatoms. The van der Waals surface area contributed by atoms with Crippen LogP contribution >= 0.6 is 11.8 Å². The van der Waals surface area contributed by atoms with Crippen LogP contribution in [0.25, 0.3) is 0 Å². The number of anilines is 1. The summed E-state index contributed by atoms with van der Waals surface area (Å²) in [6.45, 7) is 4.21. The van der Waals surface area contributed by atoms with E-state index in [-0.39, 0.29) is 11.7 Å². The van der Waals surface area contributed by atoms with Crippen LogP contribution in [0, 0.1) is 13.8 Å². The summed E-state index contributed by atoms with van der Waals surface area (Å²) in [5, 5.41) is 4.91. The van der Waals surface area contributed by atoms with Gasteiger partial charge in [-0.25, -0.2) is 4.79 Å². The fraction of sp³-hybridized carbons (Fsp3) is 0.400. The number of cyclic esters (lactones) is 1. The van der Waals surface area contributed by atoms with Crippen LogP contribution in [0.3, 0.4) is 0 Å². The third-order valence-electron chi connectivity index (χ3n) is 3.44. The van der Waals surface area contributed by atoms with E-state index in [1.54, 1.807) is 0 Å². The smallest absolute Gasteiger partial charge is 0.328 e. The molecule has 2 N–H and O–H groups in total. The lowest BCUT2D eigenvalue weighted by Gasteiger charge is -2.11. The summed E-state index contributed by atoms with van der Waals surface area (Å²) in [7, 11) is 0. The summed E-state index contributed by atoms with van der Waals surface area (Å²) in [4.78, 5) is 34.8. The maximum absolute atomic E-state index is 11.9. The second kappa shape index (κ2) is 7.31. The summed E-state index contributed by atoms with van der Waals surface area (Å²) in [6, 6.07) is 5.05. The van der Waals surface area contributed by atoms with Gasteiger partial charge in [0, 0.05) is 12.1 Å². The van der Waals surface area contributed by atoms with E-state index in [1.165, 1.54) is 0 Å². The van der Waals surface area contributed by atoms with E-state index in [2.05, 4.69) is 10.6 Å². The molecule has 1 aromatic rings. The fourth-order valence-corrected chi connectivity index (χ4v) is 2.57. The summed E-state index contributed by atoms with van der Waals surface area (Å²) < 4.78 is 4.75. The van der Waals surface area contributed by atoms with Gasteiger partial charge in [0.2, 0.25) is 5.91 Å². The highest BCUT2D eigenvalue weighted by Gasteiger charge is 2.28. The number of nitrogens with one attached hydrogen (secondary N) is 2. The second-order valence-corrected chi connectivity index (χ2v) is 5.97. The average Bonchev–Trinajstić information content (AvgIpc) is 2.87. The number of carbonyl (C=O) groups is 3. The lowest BCUT2D eigenvalue weighted by molar-refractivity contribution is -0.139. The highest BCUT2D eigenvalue weighted by molar-refractivity contribution is 8.14. The molecule has 6 nitrogen and oxygen atoms in total. The first kappa shape index (κ1) is 16.4. The maximum Gasteiger partial charge on any atom is 0.328 e. The van der Waals surface area contributed by atoms with Crippen molar-refractivity contribution in [2.24, 2.45) is 0 Å². The quantitative estimate of drug-likeness (QED) is 0.828. The van der Waals surface area contributed by atoms with Crippen molar-refractivity contribution in [2.75, 3.05) is 17.7 Å². The van der Waals surface area contributed by atoms with Crippen molar-refractivity contribution in [3.63, 3.8) is 0 Å². The van der Waals surface area contributed by atoms with Gasteiger partial charge >= 0.3 is 5.97 Å². The molecule has 1 heterocycles. The third kappa shape index (κ3) is 4.24. The zero-order chi connectivity index (χ0) is 16.1. The molecule has 0 spiro atoms. The van der Waals surface area contributed by atoms with E-state index in [0.717, 1.165) is 28.6 Å². The van der Waals surface area contributed by atoms with Gasteiger partial charge < -0.3 is 15.4 Å². The molecule has 0 aliphatic carbocycles. The molecule has 1 fully saturated rings. The van der Waals surface area contributed by atoms with E-state index in [0.29, 0.717) is 13.0 Å². The standard InChI is InChI=1S/C15H18N2O4S/c1-9-4-3-5-11(10(9)2)16-13(18)8-22-15(20)17-12-6-7-21-14(12)19/h3-5,12H,6-8H2,1-2H3,(H,16,18)(H,17,20)/t12-/m0/s1. The van der Waals surface area contributed by atoms with Gasteiger partial charge in [-0.3, -0.25) is 9.59 Å². The minimum Gasteiger partial charge on any atom is -0.464 e. The molecule has 1 aromatic carbocycles. The molecule has 0 bridgehead atoms. The molecule has 2 rings (SSSR count). The van der Waals surface area contributed by atoms with Gasteiger partial charge in [0.15, 0.2) is 0 Å². The van der Waals surface area contributed by atoms with Crippen LogP contribution in [0.4, 0.5) is 10.5 Å². The molecule has 1 atom stereocenters. The van der Waals surface area contributed by atoms with Crippen molar-refractivity contribution < 1.29 is 19.1 Å². The Morgan fingerprint density at radius 1 is 1.36 bits per heavy atom. The fourth-order valence-electron chi connectivity index (χ4n) is 2.01. The number of ether oxygens (including phenoxy) is 1.